The fraction of sp³-hybridized carbons (Fsp3) is 0.150. The van der Waals surface area contributed by atoms with Crippen LogP contribution in [0.5, 0.6) is 11.5 Å². The number of methoxy groups -OCH3 is 1. The minimum absolute atomic E-state index is 0.116. The van der Waals surface area contributed by atoms with E-state index in [-0.39, 0.29) is 22.8 Å². The van der Waals surface area contributed by atoms with Crippen molar-refractivity contribution >= 4 is 39.5 Å². The maximum Gasteiger partial charge on any atom is 0.416 e. The van der Waals surface area contributed by atoms with Gasteiger partial charge in [-0.1, -0.05) is 6.07 Å². The maximum atomic E-state index is 12.8. The molecule has 2 aromatic rings. The molecule has 2 aromatic carbocycles. The number of nitriles is 1. The topological polar surface area (TPSA) is 114 Å². The molecule has 0 aromatic heterocycles. The highest BCUT2D eigenvalue weighted by Gasteiger charge is 2.30. The molecule has 3 N–H and O–H groups in total. The number of nitrogens with one attached hydrogen (secondary N) is 1. The number of ether oxygens (including phenoxy) is 2. The Morgan fingerprint density at radius 2 is 2.00 bits per heavy atom. The molecule has 0 aliphatic rings. The third-order valence-corrected chi connectivity index (χ3v) is 4.32. The summed E-state index contributed by atoms with van der Waals surface area (Å²) in [5.41, 5.74) is 3.99. The number of carbonyl (C=O) groups is 2. The average Bonchev–Trinajstić information content (AvgIpc) is 2.70. The molecule has 2 amide bonds. The van der Waals surface area contributed by atoms with E-state index in [2.05, 4.69) is 21.2 Å². The van der Waals surface area contributed by atoms with Crippen molar-refractivity contribution in [2.24, 2.45) is 5.73 Å². The van der Waals surface area contributed by atoms with Gasteiger partial charge in [0.15, 0.2) is 18.1 Å². The number of primary amides is 1. The number of carbonyl (C=O) groups excluding carboxylic acids is 2. The van der Waals surface area contributed by atoms with Crippen LogP contribution in [0, 0.1) is 11.3 Å². The standard InChI is InChI=1S/C20H15BrF3N3O4/c1-30-16-7-11(6-15(21)18(16)31-10-17(26)28)5-12(9-25)19(29)27-14-4-2-3-13(8-14)20(22,23)24/h2-8H,10H2,1H3,(H2,26,28)(H,27,29)/b12-5+. The van der Waals surface area contributed by atoms with Gasteiger partial charge in [-0.05, 0) is 57.9 Å². The minimum atomic E-state index is -4.57. The van der Waals surface area contributed by atoms with Crippen molar-refractivity contribution in [1.29, 1.82) is 5.26 Å². The molecule has 31 heavy (non-hydrogen) atoms. The van der Waals surface area contributed by atoms with Crippen molar-refractivity contribution in [2.45, 2.75) is 6.18 Å². The minimum Gasteiger partial charge on any atom is -0.493 e. The first-order valence-corrected chi connectivity index (χ1v) is 9.23. The Labute approximate surface area is 183 Å². The van der Waals surface area contributed by atoms with E-state index >= 15 is 0 Å². The van der Waals surface area contributed by atoms with E-state index in [1.165, 1.54) is 31.4 Å². The summed E-state index contributed by atoms with van der Waals surface area (Å²) in [6.45, 7) is -0.396. The largest absolute Gasteiger partial charge is 0.493 e. The zero-order chi connectivity index (χ0) is 23.2. The van der Waals surface area contributed by atoms with Crippen LogP contribution in [0.4, 0.5) is 18.9 Å². The number of rotatable bonds is 7. The zero-order valence-electron chi connectivity index (χ0n) is 15.9. The van der Waals surface area contributed by atoms with E-state index in [9.17, 15) is 28.0 Å². The number of benzene rings is 2. The molecule has 0 aliphatic heterocycles. The van der Waals surface area contributed by atoms with Crippen LogP contribution in [-0.4, -0.2) is 25.5 Å². The van der Waals surface area contributed by atoms with Gasteiger partial charge in [0.1, 0.15) is 11.6 Å². The Bertz CT molecular complexity index is 1080. The van der Waals surface area contributed by atoms with Gasteiger partial charge in [0.25, 0.3) is 11.8 Å². The first-order chi connectivity index (χ1) is 14.5. The second-order valence-corrected chi connectivity index (χ2v) is 6.85. The summed E-state index contributed by atoms with van der Waals surface area (Å²) in [7, 11) is 1.35. The molecule has 0 unspecified atom stereocenters. The lowest BCUT2D eigenvalue weighted by atomic mass is 10.1. The van der Waals surface area contributed by atoms with Gasteiger partial charge in [-0.3, -0.25) is 9.59 Å². The van der Waals surface area contributed by atoms with Crippen molar-refractivity contribution in [3.8, 4) is 17.6 Å². The summed E-state index contributed by atoms with van der Waals surface area (Å²) in [6, 6.07) is 8.67. The molecular formula is C20H15BrF3N3O4. The maximum absolute atomic E-state index is 12.8. The number of halogens is 4. The van der Waals surface area contributed by atoms with E-state index in [1.807, 2.05) is 0 Å². The highest BCUT2D eigenvalue weighted by molar-refractivity contribution is 9.10. The zero-order valence-corrected chi connectivity index (χ0v) is 17.5. The molecule has 0 saturated carbocycles. The number of nitrogens with two attached hydrogens (primary N) is 1. The van der Waals surface area contributed by atoms with Crippen LogP contribution in [0.2, 0.25) is 0 Å². The number of amides is 2. The first-order valence-electron chi connectivity index (χ1n) is 8.44. The van der Waals surface area contributed by atoms with Crippen LogP contribution in [0.15, 0.2) is 46.4 Å². The molecule has 2 rings (SSSR count). The molecule has 0 aliphatic carbocycles. The van der Waals surface area contributed by atoms with E-state index in [0.717, 1.165) is 18.2 Å². The fourth-order valence-electron chi connectivity index (χ4n) is 2.39. The van der Waals surface area contributed by atoms with Gasteiger partial charge in [-0.25, -0.2) is 0 Å². The van der Waals surface area contributed by atoms with Crippen molar-refractivity contribution < 1.29 is 32.2 Å². The molecule has 11 heteroatoms. The molecule has 0 atom stereocenters. The monoisotopic (exact) mass is 497 g/mol. The lowest BCUT2D eigenvalue weighted by molar-refractivity contribution is -0.137. The van der Waals surface area contributed by atoms with E-state index in [4.69, 9.17) is 15.2 Å². The van der Waals surface area contributed by atoms with E-state index < -0.39 is 30.2 Å². The summed E-state index contributed by atoms with van der Waals surface area (Å²) in [5, 5.41) is 11.6. The highest BCUT2D eigenvalue weighted by atomic mass is 79.9. The molecule has 0 bridgehead atoms. The highest BCUT2D eigenvalue weighted by Crippen LogP contribution is 2.37. The second-order valence-electron chi connectivity index (χ2n) is 5.99. The summed E-state index contributed by atoms with van der Waals surface area (Å²) >= 11 is 3.24. The predicted octanol–water partition coefficient (Wildman–Crippen LogP) is 3.89. The predicted molar refractivity (Wildman–Crippen MR) is 109 cm³/mol. The quantitative estimate of drug-likeness (QED) is 0.444. The van der Waals surface area contributed by atoms with Crippen LogP contribution in [0.25, 0.3) is 6.08 Å². The van der Waals surface area contributed by atoms with Crippen LogP contribution < -0.4 is 20.5 Å². The lowest BCUT2D eigenvalue weighted by Crippen LogP contribution is -2.20. The van der Waals surface area contributed by atoms with Crippen LogP contribution >= 0.6 is 15.9 Å². The molecule has 0 fully saturated rings. The Kier molecular flexibility index (Phi) is 7.66. The van der Waals surface area contributed by atoms with Gasteiger partial charge in [0.2, 0.25) is 0 Å². The van der Waals surface area contributed by atoms with Crippen molar-refractivity contribution in [2.75, 3.05) is 19.0 Å². The normalized spacial score (nSPS) is 11.4. The Morgan fingerprint density at radius 3 is 2.58 bits per heavy atom. The van der Waals surface area contributed by atoms with Gasteiger partial charge >= 0.3 is 6.18 Å². The summed E-state index contributed by atoms with van der Waals surface area (Å²) < 4.78 is 49.3. The van der Waals surface area contributed by atoms with Crippen molar-refractivity contribution in [3.05, 3.63) is 57.6 Å². The van der Waals surface area contributed by atoms with E-state index in [0.29, 0.717) is 10.0 Å². The summed E-state index contributed by atoms with van der Waals surface area (Å²) in [4.78, 5) is 23.3. The number of hydrogen-bond donors (Lipinski definition) is 2. The third-order valence-electron chi connectivity index (χ3n) is 3.73. The van der Waals surface area contributed by atoms with Gasteiger partial charge in [-0.2, -0.15) is 18.4 Å². The van der Waals surface area contributed by atoms with Crippen LogP contribution in [-0.2, 0) is 15.8 Å². The van der Waals surface area contributed by atoms with Crippen LogP contribution in [0.1, 0.15) is 11.1 Å². The number of nitrogens with zero attached hydrogens (tertiary/aromatic N) is 1. The molecule has 0 saturated heterocycles. The lowest BCUT2D eigenvalue weighted by Gasteiger charge is -2.13. The molecule has 0 radical (unpaired) electrons. The Morgan fingerprint density at radius 1 is 1.29 bits per heavy atom. The fourth-order valence-corrected chi connectivity index (χ4v) is 2.97. The SMILES string of the molecule is COc1cc(/C=C(\C#N)C(=O)Nc2cccc(C(F)(F)F)c2)cc(Br)c1OCC(N)=O. The second kappa shape index (κ2) is 9.99. The summed E-state index contributed by atoms with van der Waals surface area (Å²) in [6.07, 6.45) is -3.36. The average molecular weight is 498 g/mol. The Hall–Kier alpha value is -3.52. The molecule has 7 nitrogen and oxygen atoms in total. The third kappa shape index (κ3) is 6.48. The van der Waals surface area contributed by atoms with E-state index in [1.54, 1.807) is 6.07 Å². The first kappa shape index (κ1) is 23.8. The van der Waals surface area contributed by atoms with Crippen molar-refractivity contribution in [3.63, 3.8) is 0 Å². The molecule has 162 valence electrons. The molecule has 0 heterocycles. The van der Waals surface area contributed by atoms with Gasteiger partial charge in [0, 0.05) is 5.69 Å². The molecular weight excluding hydrogens is 483 g/mol. The number of hydrogen-bond acceptors (Lipinski definition) is 5. The van der Waals surface area contributed by atoms with Crippen LogP contribution in [0.3, 0.4) is 0 Å². The smallest absolute Gasteiger partial charge is 0.416 e. The van der Waals surface area contributed by atoms with Gasteiger partial charge < -0.3 is 20.5 Å². The number of alkyl halides is 3. The van der Waals surface area contributed by atoms with Crippen molar-refractivity contribution in [1.82, 2.24) is 0 Å². The van der Waals surface area contributed by atoms with Gasteiger partial charge in [0.05, 0.1) is 17.1 Å². The number of anilines is 1. The Balaban J connectivity index is 2.30. The molecule has 0 spiro atoms. The summed E-state index contributed by atoms with van der Waals surface area (Å²) in [5.74, 6) is -1.22. The van der Waals surface area contributed by atoms with Gasteiger partial charge in [-0.15, -0.1) is 0 Å².